The summed E-state index contributed by atoms with van der Waals surface area (Å²) < 4.78 is 2.36. The minimum atomic E-state index is 0.157. The molecule has 0 N–H and O–H groups in total. The molecule has 0 unspecified atom stereocenters. The molecule has 45 heavy (non-hydrogen) atoms. The van der Waals surface area contributed by atoms with Gasteiger partial charge >= 0.3 is 0 Å². The van der Waals surface area contributed by atoms with Crippen LogP contribution >= 0.6 is 0 Å². The summed E-state index contributed by atoms with van der Waals surface area (Å²) in [5.74, 6) is 0. The molecule has 8 aromatic rings. The van der Waals surface area contributed by atoms with E-state index in [-0.39, 0.29) is 10.8 Å². The third-order valence-electron chi connectivity index (χ3n) is 9.16. The molecule has 0 aliphatic rings. The number of para-hydroxylation sites is 2. The third kappa shape index (κ3) is 5.17. The van der Waals surface area contributed by atoms with E-state index in [0.717, 1.165) is 0 Å². The second-order valence-corrected chi connectivity index (χ2v) is 14.3. The maximum Gasteiger partial charge on any atom is 0.0541 e. The van der Waals surface area contributed by atoms with Gasteiger partial charge in [0.1, 0.15) is 0 Å². The fourth-order valence-electron chi connectivity index (χ4n) is 6.67. The molecule has 0 radical (unpaired) electrons. The smallest absolute Gasteiger partial charge is 0.0541 e. The fourth-order valence-corrected chi connectivity index (χ4v) is 6.67. The summed E-state index contributed by atoms with van der Waals surface area (Å²) in [6.07, 6.45) is 0. The van der Waals surface area contributed by atoms with Crippen LogP contribution in [0.5, 0.6) is 0 Å². The van der Waals surface area contributed by atoms with Crippen molar-refractivity contribution in [2.75, 3.05) is 0 Å². The van der Waals surface area contributed by atoms with Gasteiger partial charge in [-0.15, -0.1) is 0 Å². The zero-order valence-corrected chi connectivity index (χ0v) is 27.2. The Bertz CT molecular complexity index is 2290. The van der Waals surface area contributed by atoms with Gasteiger partial charge in [-0.1, -0.05) is 145 Å². The molecule has 7 aromatic carbocycles. The Morgan fingerprint density at radius 1 is 0.333 bits per heavy atom. The van der Waals surface area contributed by atoms with Gasteiger partial charge in [-0.25, -0.2) is 0 Å². The van der Waals surface area contributed by atoms with Crippen molar-refractivity contribution in [2.45, 2.75) is 52.4 Å². The zero-order valence-electron chi connectivity index (χ0n) is 27.2. The minimum Gasteiger partial charge on any atom is -0.309 e. The summed E-state index contributed by atoms with van der Waals surface area (Å²) in [6.45, 7) is 13.6. The van der Waals surface area contributed by atoms with Crippen molar-refractivity contribution in [2.24, 2.45) is 0 Å². The number of rotatable bonds is 1. The van der Waals surface area contributed by atoms with E-state index in [2.05, 4.69) is 186 Å². The van der Waals surface area contributed by atoms with Gasteiger partial charge in [-0.2, -0.15) is 0 Å². The predicted octanol–water partition coefficient (Wildman–Crippen LogP) is 12.5. The van der Waals surface area contributed by atoms with Crippen LogP contribution in [-0.2, 0) is 10.8 Å². The highest BCUT2D eigenvalue weighted by Crippen LogP contribution is 2.38. The van der Waals surface area contributed by atoms with Crippen molar-refractivity contribution in [3.8, 4) is 5.69 Å². The van der Waals surface area contributed by atoms with E-state index < -0.39 is 0 Å². The lowest BCUT2D eigenvalue weighted by molar-refractivity contribution is 0.591. The van der Waals surface area contributed by atoms with Crippen LogP contribution in [-0.4, -0.2) is 4.57 Å². The summed E-state index contributed by atoms with van der Waals surface area (Å²) in [5, 5.41) is 10.7. The molecular formula is C44H41N. The molecule has 0 aliphatic heterocycles. The molecule has 0 atom stereocenters. The standard InChI is InChI=1S/C22H21N.C22H20/c1-22(2,3)16-13-14-21-19(15-16)18-11-7-8-12-20(18)23(21)17-9-5-4-6-10-17;1-22(2,3)15-12-13-20-18-10-5-4-8-16(18)17-9-6-7-11-19(17)21(20)14-15/h4-15H,1-3H3;4-14H,1-3H3. The van der Waals surface area contributed by atoms with Crippen LogP contribution in [0, 0.1) is 0 Å². The van der Waals surface area contributed by atoms with E-state index in [4.69, 9.17) is 0 Å². The number of benzene rings is 7. The largest absolute Gasteiger partial charge is 0.309 e. The molecule has 0 bridgehead atoms. The predicted molar refractivity (Wildman–Crippen MR) is 197 cm³/mol. The Morgan fingerprint density at radius 3 is 1.29 bits per heavy atom. The molecule has 0 aliphatic carbocycles. The number of fused-ring (bicyclic) bond motifs is 9. The Kier molecular flexibility index (Phi) is 7.01. The Morgan fingerprint density at radius 2 is 0.733 bits per heavy atom. The molecule has 0 saturated heterocycles. The van der Waals surface area contributed by atoms with Gasteiger partial charge in [0, 0.05) is 16.5 Å². The van der Waals surface area contributed by atoms with Crippen LogP contribution in [0.15, 0.2) is 140 Å². The first-order chi connectivity index (χ1) is 21.6. The number of hydrogen-bond acceptors (Lipinski definition) is 0. The van der Waals surface area contributed by atoms with E-state index >= 15 is 0 Å². The number of aromatic nitrogens is 1. The summed E-state index contributed by atoms with van der Waals surface area (Å²) >= 11 is 0. The van der Waals surface area contributed by atoms with Crippen LogP contribution < -0.4 is 0 Å². The van der Waals surface area contributed by atoms with Crippen LogP contribution in [0.4, 0.5) is 0 Å². The van der Waals surface area contributed by atoms with Gasteiger partial charge < -0.3 is 4.57 Å². The molecule has 1 heteroatoms. The summed E-state index contributed by atoms with van der Waals surface area (Å²) in [6, 6.07) is 50.6. The van der Waals surface area contributed by atoms with Crippen molar-refractivity contribution in [3.05, 3.63) is 151 Å². The van der Waals surface area contributed by atoms with Crippen molar-refractivity contribution in [1.29, 1.82) is 0 Å². The zero-order chi connectivity index (χ0) is 31.3. The molecule has 1 heterocycles. The van der Waals surface area contributed by atoms with E-state index in [9.17, 15) is 0 Å². The summed E-state index contributed by atoms with van der Waals surface area (Å²) in [4.78, 5) is 0. The van der Waals surface area contributed by atoms with Gasteiger partial charge in [0.25, 0.3) is 0 Å². The van der Waals surface area contributed by atoms with Crippen molar-refractivity contribution < 1.29 is 0 Å². The van der Waals surface area contributed by atoms with Gasteiger partial charge in [-0.3, -0.25) is 0 Å². The van der Waals surface area contributed by atoms with Gasteiger partial charge in [0.2, 0.25) is 0 Å². The maximum absolute atomic E-state index is 2.38. The molecule has 0 fully saturated rings. The Balaban J connectivity index is 0.000000145. The van der Waals surface area contributed by atoms with Crippen LogP contribution in [0.1, 0.15) is 52.7 Å². The molecule has 1 aromatic heterocycles. The number of nitrogens with zero attached hydrogens (tertiary/aromatic N) is 1. The maximum atomic E-state index is 2.38. The minimum absolute atomic E-state index is 0.157. The van der Waals surface area contributed by atoms with E-state index in [0.29, 0.717) is 0 Å². The monoisotopic (exact) mass is 583 g/mol. The average molecular weight is 584 g/mol. The Labute approximate surface area is 266 Å². The van der Waals surface area contributed by atoms with E-state index in [1.54, 1.807) is 0 Å². The first-order valence-corrected chi connectivity index (χ1v) is 16.0. The third-order valence-corrected chi connectivity index (χ3v) is 9.16. The lowest BCUT2D eigenvalue weighted by Gasteiger charge is -2.20. The molecule has 0 amide bonds. The fraction of sp³-hybridized carbons (Fsp3) is 0.182. The SMILES string of the molecule is CC(C)(C)c1ccc2c(c1)c1ccccc1n2-c1ccccc1.CC(C)(C)c1ccc2c3ccccc3c3ccccc3c2c1. The van der Waals surface area contributed by atoms with Crippen molar-refractivity contribution in [3.63, 3.8) is 0 Å². The second-order valence-electron chi connectivity index (χ2n) is 14.3. The highest BCUT2D eigenvalue weighted by molar-refractivity contribution is 6.25. The topological polar surface area (TPSA) is 4.93 Å². The lowest BCUT2D eigenvalue weighted by atomic mass is 9.84. The molecular weight excluding hydrogens is 542 g/mol. The van der Waals surface area contributed by atoms with Crippen LogP contribution in [0.3, 0.4) is 0 Å². The molecule has 0 saturated carbocycles. The van der Waals surface area contributed by atoms with E-state index in [1.807, 2.05) is 0 Å². The highest BCUT2D eigenvalue weighted by atomic mass is 15.0. The highest BCUT2D eigenvalue weighted by Gasteiger charge is 2.18. The second kappa shape index (κ2) is 10.9. The molecule has 0 spiro atoms. The lowest BCUT2D eigenvalue weighted by Crippen LogP contribution is -2.10. The first kappa shape index (κ1) is 28.9. The molecule has 8 rings (SSSR count). The first-order valence-electron chi connectivity index (χ1n) is 16.0. The van der Waals surface area contributed by atoms with Crippen molar-refractivity contribution >= 4 is 54.1 Å². The molecule has 222 valence electrons. The van der Waals surface area contributed by atoms with Gasteiger partial charge in [0.15, 0.2) is 0 Å². The average Bonchev–Trinajstić information content (AvgIpc) is 3.38. The van der Waals surface area contributed by atoms with Crippen LogP contribution in [0.2, 0.25) is 0 Å². The summed E-state index contributed by atoms with van der Waals surface area (Å²) in [5.41, 5.74) is 6.83. The van der Waals surface area contributed by atoms with Gasteiger partial charge in [0.05, 0.1) is 11.0 Å². The van der Waals surface area contributed by atoms with Crippen molar-refractivity contribution in [1.82, 2.24) is 4.57 Å². The summed E-state index contributed by atoms with van der Waals surface area (Å²) in [7, 11) is 0. The number of hydrogen-bond donors (Lipinski definition) is 0. The molecule has 1 nitrogen and oxygen atoms in total. The normalized spacial score (nSPS) is 12.2. The van der Waals surface area contributed by atoms with Gasteiger partial charge in [-0.05, 0) is 90.7 Å². The Hall–Kier alpha value is -4.88. The van der Waals surface area contributed by atoms with Crippen LogP contribution in [0.25, 0.3) is 59.8 Å². The van der Waals surface area contributed by atoms with E-state index in [1.165, 1.54) is 70.9 Å². The quantitative estimate of drug-likeness (QED) is 0.169.